The average molecular weight is 306 g/mol. The minimum absolute atomic E-state index is 0.0156. The lowest BCUT2D eigenvalue weighted by molar-refractivity contribution is -0.138. The normalized spacial score (nSPS) is 33.0. The van der Waals surface area contributed by atoms with E-state index in [0.717, 1.165) is 0 Å². The number of hydrogen-bond donors (Lipinski definition) is 1. The number of rotatable bonds is 2. The van der Waals surface area contributed by atoms with Crippen LogP contribution < -0.4 is 0 Å². The minimum Gasteiger partial charge on any atom is -0.410 e. The summed E-state index contributed by atoms with van der Waals surface area (Å²) in [6.45, 7) is 10.8. The summed E-state index contributed by atoms with van der Waals surface area (Å²) in [5, 5.41) is 11.0. The maximum absolute atomic E-state index is 12.4. The minimum atomic E-state index is -2.09. The Kier molecular flexibility index (Phi) is 4.17. The molecule has 2 aliphatic rings. The molecule has 2 rings (SSSR count). The summed E-state index contributed by atoms with van der Waals surface area (Å²) in [6.07, 6.45) is 10.8. The van der Waals surface area contributed by atoms with E-state index in [1.807, 2.05) is 18.2 Å². The van der Waals surface area contributed by atoms with Gasteiger partial charge in [0.1, 0.15) is 0 Å². The van der Waals surface area contributed by atoms with Crippen molar-refractivity contribution in [3.63, 3.8) is 0 Å². The number of allylic oxidation sites excluding steroid dienone is 3. The first-order valence-electron chi connectivity index (χ1n) is 7.55. The number of ketones is 1. The topological polar surface area (TPSA) is 46.5 Å². The first-order chi connectivity index (χ1) is 9.58. The van der Waals surface area contributed by atoms with E-state index in [1.165, 1.54) is 6.08 Å². The van der Waals surface area contributed by atoms with Gasteiger partial charge in [-0.25, -0.2) is 0 Å². The van der Waals surface area contributed by atoms with Gasteiger partial charge in [0.05, 0.1) is 6.10 Å². The van der Waals surface area contributed by atoms with Crippen LogP contribution in [0.1, 0.15) is 27.2 Å². The van der Waals surface area contributed by atoms with Crippen molar-refractivity contribution in [2.45, 2.75) is 57.0 Å². The highest BCUT2D eigenvalue weighted by Gasteiger charge is 2.50. The summed E-state index contributed by atoms with van der Waals surface area (Å²) in [4.78, 5) is 12.4. The zero-order valence-electron chi connectivity index (χ0n) is 13.6. The van der Waals surface area contributed by atoms with Gasteiger partial charge in [0, 0.05) is 5.92 Å². The lowest BCUT2D eigenvalue weighted by atomic mass is 9.85. The number of hydrogen-bond acceptors (Lipinski definition) is 3. The quantitative estimate of drug-likeness (QED) is 0.796. The van der Waals surface area contributed by atoms with E-state index >= 15 is 0 Å². The molecule has 2 aliphatic carbocycles. The molecular formula is C17H26O3Si. The second-order valence-electron chi connectivity index (χ2n) is 7.53. The third-order valence-electron chi connectivity index (χ3n) is 4.94. The molecule has 0 saturated heterocycles. The van der Waals surface area contributed by atoms with Crippen molar-refractivity contribution in [3.05, 3.63) is 36.5 Å². The zero-order valence-corrected chi connectivity index (χ0v) is 14.6. The van der Waals surface area contributed by atoms with Crippen LogP contribution in [0.25, 0.3) is 0 Å². The van der Waals surface area contributed by atoms with E-state index in [2.05, 4.69) is 33.9 Å². The Morgan fingerprint density at radius 1 is 1.33 bits per heavy atom. The molecule has 0 radical (unpaired) electrons. The summed E-state index contributed by atoms with van der Waals surface area (Å²) in [7, 11) is -2.09. The summed E-state index contributed by atoms with van der Waals surface area (Å²) in [5.74, 6) is -0.268. The van der Waals surface area contributed by atoms with Gasteiger partial charge >= 0.3 is 0 Å². The molecule has 3 nitrogen and oxygen atoms in total. The van der Waals surface area contributed by atoms with Crippen molar-refractivity contribution in [2.24, 2.45) is 5.92 Å². The Bertz CT molecular complexity index is 511. The van der Waals surface area contributed by atoms with Crippen LogP contribution in [0.4, 0.5) is 0 Å². The number of carbonyl (C=O) groups excluding carboxylic acids is 1. The van der Waals surface area contributed by atoms with Crippen LogP contribution in [-0.2, 0) is 9.22 Å². The van der Waals surface area contributed by atoms with Crippen molar-refractivity contribution in [1.29, 1.82) is 0 Å². The Balaban J connectivity index is 2.43. The highest BCUT2D eigenvalue weighted by molar-refractivity contribution is 6.74. The fraction of sp³-hybridized carbons (Fsp3) is 0.588. The van der Waals surface area contributed by atoms with Gasteiger partial charge in [0.15, 0.2) is 19.7 Å². The first-order valence-corrected chi connectivity index (χ1v) is 10.5. The maximum Gasteiger partial charge on any atom is 0.193 e. The largest absolute Gasteiger partial charge is 0.410 e. The molecule has 4 heteroatoms. The van der Waals surface area contributed by atoms with Crippen molar-refractivity contribution < 1.29 is 14.3 Å². The van der Waals surface area contributed by atoms with Crippen LogP contribution in [-0.4, -0.2) is 30.9 Å². The number of carbonyl (C=O) groups is 1. The van der Waals surface area contributed by atoms with Crippen molar-refractivity contribution in [2.75, 3.05) is 0 Å². The van der Waals surface area contributed by atoms with Crippen LogP contribution in [0.5, 0.6) is 0 Å². The van der Waals surface area contributed by atoms with E-state index in [4.69, 9.17) is 4.43 Å². The molecule has 21 heavy (non-hydrogen) atoms. The van der Waals surface area contributed by atoms with Gasteiger partial charge < -0.3 is 9.53 Å². The molecule has 0 aromatic rings. The first kappa shape index (κ1) is 16.4. The van der Waals surface area contributed by atoms with E-state index < -0.39 is 20.0 Å². The average Bonchev–Trinajstić information content (AvgIpc) is 2.56. The molecule has 0 heterocycles. The standard InChI is InChI=1S/C17H26O3Si/c1-16(2,3)21(4,5)20-15-13-9-6-7-12-17(15,19)14(18)11-8-10-13/h6-9,11-13,15,19H,10H2,1-5H3/t13-,15+,17-/m0/s1. The summed E-state index contributed by atoms with van der Waals surface area (Å²) in [5.41, 5.74) is -1.56. The molecule has 2 bridgehead atoms. The molecule has 0 saturated carbocycles. The van der Waals surface area contributed by atoms with Crippen LogP contribution in [0.15, 0.2) is 36.5 Å². The van der Waals surface area contributed by atoms with E-state index in [0.29, 0.717) is 6.42 Å². The van der Waals surface area contributed by atoms with Crippen molar-refractivity contribution in [3.8, 4) is 0 Å². The Hall–Kier alpha value is -0.973. The molecule has 0 aromatic heterocycles. The predicted octanol–water partition coefficient (Wildman–Crippen LogP) is 3.38. The molecule has 0 spiro atoms. The van der Waals surface area contributed by atoms with E-state index in [-0.39, 0.29) is 16.7 Å². The third kappa shape index (κ3) is 2.98. The Morgan fingerprint density at radius 3 is 2.62 bits per heavy atom. The summed E-state index contributed by atoms with van der Waals surface area (Å²) in [6, 6.07) is 0. The zero-order chi connectivity index (χ0) is 15.9. The number of fused-ring (bicyclic) bond motifs is 2. The molecule has 1 N–H and O–H groups in total. The fourth-order valence-corrected chi connectivity index (χ4v) is 3.84. The fourth-order valence-electron chi connectivity index (χ4n) is 2.49. The highest BCUT2D eigenvalue weighted by atomic mass is 28.4. The van der Waals surface area contributed by atoms with Gasteiger partial charge in [-0.05, 0) is 36.7 Å². The maximum atomic E-state index is 12.4. The van der Waals surface area contributed by atoms with Gasteiger partial charge in [0.25, 0.3) is 0 Å². The van der Waals surface area contributed by atoms with Gasteiger partial charge in [-0.2, -0.15) is 0 Å². The smallest absolute Gasteiger partial charge is 0.193 e. The van der Waals surface area contributed by atoms with Crippen molar-refractivity contribution >= 4 is 14.1 Å². The number of aliphatic hydroxyl groups is 1. The Morgan fingerprint density at radius 2 is 2.00 bits per heavy atom. The molecule has 0 aromatic carbocycles. The lowest BCUT2D eigenvalue weighted by Gasteiger charge is -2.44. The second-order valence-corrected chi connectivity index (χ2v) is 12.3. The monoisotopic (exact) mass is 306 g/mol. The van der Waals surface area contributed by atoms with Gasteiger partial charge in [-0.1, -0.05) is 45.1 Å². The van der Waals surface area contributed by atoms with Gasteiger partial charge in [-0.15, -0.1) is 0 Å². The van der Waals surface area contributed by atoms with Gasteiger partial charge in [0.2, 0.25) is 0 Å². The summed E-state index contributed by atoms with van der Waals surface area (Å²) >= 11 is 0. The van der Waals surface area contributed by atoms with Crippen LogP contribution in [0.3, 0.4) is 0 Å². The third-order valence-corrected chi connectivity index (χ3v) is 9.40. The highest BCUT2D eigenvalue weighted by Crippen LogP contribution is 2.42. The van der Waals surface area contributed by atoms with Crippen LogP contribution in [0.2, 0.25) is 18.1 Å². The molecule has 3 atom stereocenters. The van der Waals surface area contributed by atoms with Crippen LogP contribution >= 0.6 is 0 Å². The lowest BCUT2D eigenvalue weighted by Crippen LogP contribution is -2.56. The Labute approximate surface area is 128 Å². The molecular weight excluding hydrogens is 280 g/mol. The predicted molar refractivity (Wildman–Crippen MR) is 87.6 cm³/mol. The van der Waals surface area contributed by atoms with E-state index in [1.54, 1.807) is 12.2 Å². The van der Waals surface area contributed by atoms with Crippen LogP contribution in [0, 0.1) is 5.92 Å². The molecule has 0 fully saturated rings. The SMILES string of the molecule is CC(C)(C)[Si](C)(C)O[C@@H]1[C@H]2C=CC=C[C@]1(O)C(=O)C=CC2. The molecule has 0 aliphatic heterocycles. The molecule has 116 valence electrons. The van der Waals surface area contributed by atoms with Gasteiger partial charge in [-0.3, -0.25) is 4.79 Å². The second kappa shape index (κ2) is 5.34. The molecule has 0 amide bonds. The summed E-state index contributed by atoms with van der Waals surface area (Å²) < 4.78 is 6.47. The van der Waals surface area contributed by atoms with Crippen molar-refractivity contribution in [1.82, 2.24) is 0 Å². The molecule has 0 unspecified atom stereocenters. The van der Waals surface area contributed by atoms with E-state index in [9.17, 15) is 9.90 Å².